The second-order valence-electron chi connectivity index (χ2n) is 5.52. The first-order valence-corrected chi connectivity index (χ1v) is 10.7. The maximum absolute atomic E-state index is 14.4. The second kappa shape index (κ2) is 6.98. The molecule has 0 heterocycles. The van der Waals surface area contributed by atoms with Crippen molar-refractivity contribution in [3.63, 3.8) is 0 Å². The molecule has 0 unspecified atom stereocenters. The van der Waals surface area contributed by atoms with Gasteiger partial charge >= 0.3 is 0 Å². The second-order valence-corrected chi connectivity index (χ2v) is 9.69. The van der Waals surface area contributed by atoms with Gasteiger partial charge in [-0.25, -0.2) is 17.2 Å². The quantitative estimate of drug-likeness (QED) is 0.659. The first-order valence-electron chi connectivity index (χ1n) is 7.47. The Morgan fingerprint density at radius 3 is 1.48 bits per heavy atom. The lowest BCUT2D eigenvalue weighted by atomic mass is 10.3. The van der Waals surface area contributed by atoms with Crippen LogP contribution in [-0.4, -0.2) is 14.7 Å². The molecule has 6 heteroatoms. The third-order valence-electron chi connectivity index (χ3n) is 3.64. The predicted octanol–water partition coefficient (Wildman–Crippen LogP) is 4.85. The lowest BCUT2D eigenvalue weighted by Crippen LogP contribution is -2.05. The molecule has 3 aromatic carbocycles. The average Bonchev–Trinajstić information content (AvgIpc) is 2.55. The summed E-state index contributed by atoms with van der Waals surface area (Å²) >= 11 is 0. The Bertz CT molecular complexity index is 926. The molecule has 0 radical (unpaired) electrons. The van der Waals surface area contributed by atoms with Crippen molar-refractivity contribution in [2.75, 3.05) is 6.26 Å². The van der Waals surface area contributed by atoms with E-state index in [4.69, 9.17) is 0 Å². The molecule has 0 aromatic heterocycles. The van der Waals surface area contributed by atoms with Gasteiger partial charge in [0.2, 0.25) is 0 Å². The van der Waals surface area contributed by atoms with E-state index in [0.29, 0.717) is 4.90 Å². The molecule has 0 amide bonds. The van der Waals surface area contributed by atoms with Crippen molar-refractivity contribution in [2.24, 2.45) is 0 Å². The van der Waals surface area contributed by atoms with Crippen LogP contribution < -0.4 is 0 Å². The lowest BCUT2D eigenvalue weighted by molar-refractivity contribution is 0.516. The molecule has 0 saturated carbocycles. The predicted molar refractivity (Wildman–Crippen MR) is 96.1 cm³/mol. The van der Waals surface area contributed by atoms with Crippen molar-refractivity contribution in [2.45, 2.75) is 19.6 Å². The highest BCUT2D eigenvalue weighted by Crippen LogP contribution is 2.51. The molecule has 0 fully saturated rings. The van der Waals surface area contributed by atoms with Crippen molar-refractivity contribution < 1.29 is 17.2 Å². The molecule has 0 aliphatic carbocycles. The van der Waals surface area contributed by atoms with Crippen LogP contribution in [0, 0.1) is 11.6 Å². The minimum Gasteiger partial charge on any atom is -0.224 e. The topological polar surface area (TPSA) is 34.1 Å². The van der Waals surface area contributed by atoms with Crippen molar-refractivity contribution in [3.8, 4) is 0 Å². The minimum absolute atomic E-state index is 0.426. The van der Waals surface area contributed by atoms with Gasteiger partial charge in [-0.15, -0.1) is 0 Å². The molecular formula is C19H16F2O2S2. The van der Waals surface area contributed by atoms with E-state index in [1.807, 2.05) is 60.7 Å². The lowest BCUT2D eigenvalue weighted by Gasteiger charge is -2.23. The van der Waals surface area contributed by atoms with Crippen LogP contribution in [0.4, 0.5) is 8.78 Å². The largest absolute Gasteiger partial charge is 0.224 e. The van der Waals surface area contributed by atoms with E-state index in [-0.39, 0.29) is 0 Å². The number of thiol groups is 1. The summed E-state index contributed by atoms with van der Waals surface area (Å²) in [6.07, 6.45) is 0.797. The highest BCUT2D eigenvalue weighted by Gasteiger charge is 2.23. The number of hydrogen-bond donors (Lipinski definition) is 1. The van der Waals surface area contributed by atoms with Crippen LogP contribution in [0.3, 0.4) is 0 Å². The number of halogens is 2. The molecule has 0 N–H and O–H groups in total. The zero-order chi connectivity index (χ0) is 18.0. The SMILES string of the molecule is CS(=O)(=O)c1c(F)cc([SH](c2ccccc2)c2ccccc2)cc1F. The first-order chi connectivity index (χ1) is 11.9. The van der Waals surface area contributed by atoms with E-state index < -0.39 is 37.3 Å². The van der Waals surface area contributed by atoms with Crippen LogP contribution in [0.1, 0.15) is 0 Å². The van der Waals surface area contributed by atoms with Gasteiger partial charge in [0.1, 0.15) is 16.5 Å². The first kappa shape index (κ1) is 17.6. The Labute approximate surface area is 148 Å². The van der Waals surface area contributed by atoms with Crippen molar-refractivity contribution in [3.05, 3.63) is 84.4 Å². The summed E-state index contributed by atoms with van der Waals surface area (Å²) in [4.78, 5) is 1.39. The molecular weight excluding hydrogens is 362 g/mol. The van der Waals surface area contributed by atoms with Gasteiger partial charge in [-0.05, 0) is 46.2 Å². The van der Waals surface area contributed by atoms with Crippen LogP contribution in [-0.2, 0) is 9.84 Å². The third-order valence-corrected chi connectivity index (χ3v) is 7.18. The van der Waals surface area contributed by atoms with Gasteiger partial charge in [-0.2, -0.15) is 10.9 Å². The van der Waals surface area contributed by atoms with Gasteiger partial charge in [0.15, 0.2) is 9.84 Å². The number of benzene rings is 3. The van der Waals surface area contributed by atoms with Crippen LogP contribution in [0.2, 0.25) is 0 Å². The van der Waals surface area contributed by atoms with Gasteiger partial charge in [0.25, 0.3) is 0 Å². The molecule has 130 valence electrons. The summed E-state index contributed by atoms with van der Waals surface area (Å²) in [7, 11) is -5.18. The summed E-state index contributed by atoms with van der Waals surface area (Å²) in [5.74, 6) is -2.12. The third kappa shape index (κ3) is 3.75. The molecule has 3 aromatic rings. The average molecular weight is 378 g/mol. The Balaban J connectivity index is 2.22. The van der Waals surface area contributed by atoms with E-state index >= 15 is 0 Å². The van der Waals surface area contributed by atoms with Gasteiger partial charge in [0, 0.05) is 11.2 Å². The summed E-state index contributed by atoms with van der Waals surface area (Å²) in [6.45, 7) is 0. The van der Waals surface area contributed by atoms with Crippen LogP contribution in [0.25, 0.3) is 0 Å². The number of sulfone groups is 1. The molecule has 0 aliphatic rings. The Morgan fingerprint density at radius 1 is 0.720 bits per heavy atom. The van der Waals surface area contributed by atoms with E-state index in [0.717, 1.165) is 28.2 Å². The monoisotopic (exact) mass is 378 g/mol. The molecule has 2 nitrogen and oxygen atoms in total. The van der Waals surface area contributed by atoms with E-state index in [2.05, 4.69) is 0 Å². The summed E-state index contributed by atoms with van der Waals surface area (Å²) < 4.78 is 52.0. The Kier molecular flexibility index (Phi) is 4.92. The van der Waals surface area contributed by atoms with Crippen molar-refractivity contribution >= 4 is 20.7 Å². The summed E-state index contributed by atoms with van der Waals surface area (Å²) in [6, 6.07) is 21.1. The van der Waals surface area contributed by atoms with E-state index in [1.54, 1.807) is 0 Å². The number of rotatable bonds is 4. The minimum atomic E-state index is -3.98. The van der Waals surface area contributed by atoms with Gasteiger partial charge in [-0.3, -0.25) is 0 Å². The van der Waals surface area contributed by atoms with Gasteiger partial charge in [0.05, 0.1) is 0 Å². The molecule has 0 aliphatic heterocycles. The summed E-state index contributed by atoms with van der Waals surface area (Å²) in [5, 5.41) is 0. The van der Waals surface area contributed by atoms with Crippen LogP contribution >= 0.6 is 10.9 Å². The fourth-order valence-electron chi connectivity index (χ4n) is 2.63. The van der Waals surface area contributed by atoms with Gasteiger partial charge in [-0.1, -0.05) is 36.4 Å². The van der Waals surface area contributed by atoms with Crippen molar-refractivity contribution in [1.82, 2.24) is 0 Å². The molecule has 25 heavy (non-hydrogen) atoms. The highest BCUT2D eigenvalue weighted by atomic mass is 32.2. The number of hydrogen-bond acceptors (Lipinski definition) is 2. The molecule has 0 atom stereocenters. The smallest absolute Gasteiger partial charge is 0.181 e. The fourth-order valence-corrected chi connectivity index (χ4v) is 5.78. The maximum atomic E-state index is 14.4. The highest BCUT2D eigenvalue weighted by molar-refractivity contribution is 8.17. The maximum Gasteiger partial charge on any atom is 0.181 e. The van der Waals surface area contributed by atoms with Crippen LogP contribution in [0.15, 0.2) is 92.4 Å². The summed E-state index contributed by atoms with van der Waals surface area (Å²) in [5.41, 5.74) is 0. The van der Waals surface area contributed by atoms with Gasteiger partial charge < -0.3 is 0 Å². The Morgan fingerprint density at radius 2 is 1.12 bits per heavy atom. The molecule has 0 spiro atoms. The zero-order valence-electron chi connectivity index (χ0n) is 13.4. The fraction of sp³-hybridized carbons (Fsp3) is 0.0526. The Hall–Kier alpha value is -2.18. The molecule has 3 rings (SSSR count). The van der Waals surface area contributed by atoms with Crippen LogP contribution in [0.5, 0.6) is 0 Å². The van der Waals surface area contributed by atoms with E-state index in [1.165, 1.54) is 0 Å². The normalized spacial score (nSPS) is 12.0. The standard InChI is InChI=1S/C19H16F2O2S2/c1-25(22,23)19-17(20)12-16(13-18(19)21)24(14-8-4-2-5-9-14)15-10-6-3-7-11-15/h2-13,24H,1H3. The molecule has 0 saturated heterocycles. The van der Waals surface area contributed by atoms with E-state index in [9.17, 15) is 17.2 Å². The molecule has 0 bridgehead atoms. The zero-order valence-corrected chi connectivity index (χ0v) is 15.1. The van der Waals surface area contributed by atoms with Crippen molar-refractivity contribution in [1.29, 1.82) is 0 Å².